The molecule has 0 saturated carbocycles. The van der Waals surface area contributed by atoms with Gasteiger partial charge < -0.3 is 5.32 Å². The average molecular weight is 295 g/mol. The van der Waals surface area contributed by atoms with Crippen molar-refractivity contribution in [2.45, 2.75) is 38.1 Å². The Morgan fingerprint density at radius 2 is 1.90 bits per heavy atom. The third-order valence-electron chi connectivity index (χ3n) is 4.98. The number of nitrogens with zero attached hydrogens (tertiary/aromatic N) is 1. The lowest BCUT2D eigenvalue weighted by Gasteiger charge is -2.29. The highest BCUT2D eigenvalue weighted by Gasteiger charge is 2.25. The summed E-state index contributed by atoms with van der Waals surface area (Å²) in [6.07, 6.45) is 6.68. The van der Waals surface area contributed by atoms with Gasteiger partial charge in [-0.2, -0.15) is 0 Å². The summed E-state index contributed by atoms with van der Waals surface area (Å²) in [6.45, 7) is 3.70. The van der Waals surface area contributed by atoms with Gasteiger partial charge in [0.15, 0.2) is 0 Å². The minimum Gasteiger partial charge on any atom is -0.317 e. The van der Waals surface area contributed by atoms with Crippen LogP contribution in [-0.4, -0.2) is 31.6 Å². The number of benzene rings is 1. The van der Waals surface area contributed by atoms with Crippen LogP contribution in [0, 0.1) is 5.92 Å². The van der Waals surface area contributed by atoms with Crippen LogP contribution >= 0.6 is 12.4 Å². The fourth-order valence-electron chi connectivity index (χ4n) is 3.70. The standard InChI is InChI=1S/C17H26N2.ClH/c1-19(13-10-14-8-11-18-12-9-14)17-7-6-15-4-2-3-5-16(15)17;/h2-5,14,17-18H,6-13H2,1H3;1H. The highest BCUT2D eigenvalue weighted by molar-refractivity contribution is 5.85. The van der Waals surface area contributed by atoms with E-state index in [2.05, 4.69) is 41.5 Å². The Labute approximate surface area is 129 Å². The number of hydrogen-bond donors (Lipinski definition) is 1. The lowest BCUT2D eigenvalue weighted by molar-refractivity contribution is 0.214. The molecule has 1 aliphatic heterocycles. The van der Waals surface area contributed by atoms with E-state index in [1.165, 1.54) is 51.7 Å². The molecule has 2 aliphatic rings. The van der Waals surface area contributed by atoms with Crippen molar-refractivity contribution in [1.82, 2.24) is 10.2 Å². The van der Waals surface area contributed by atoms with E-state index in [1.54, 1.807) is 11.1 Å². The molecule has 0 radical (unpaired) electrons. The highest BCUT2D eigenvalue weighted by atomic mass is 35.5. The van der Waals surface area contributed by atoms with Gasteiger partial charge in [0.1, 0.15) is 0 Å². The smallest absolute Gasteiger partial charge is 0.0350 e. The van der Waals surface area contributed by atoms with E-state index < -0.39 is 0 Å². The summed E-state index contributed by atoms with van der Waals surface area (Å²) in [5.74, 6) is 0.945. The van der Waals surface area contributed by atoms with Gasteiger partial charge in [0.2, 0.25) is 0 Å². The number of rotatable bonds is 4. The topological polar surface area (TPSA) is 15.3 Å². The minimum atomic E-state index is 0. The first-order chi connectivity index (χ1) is 9.34. The van der Waals surface area contributed by atoms with Crippen molar-refractivity contribution < 1.29 is 0 Å². The second-order valence-electron chi connectivity index (χ2n) is 6.22. The summed E-state index contributed by atoms with van der Waals surface area (Å²) in [5.41, 5.74) is 3.15. The molecule has 1 aromatic carbocycles. The van der Waals surface area contributed by atoms with Crippen molar-refractivity contribution in [3.05, 3.63) is 35.4 Å². The number of hydrogen-bond acceptors (Lipinski definition) is 2. The summed E-state index contributed by atoms with van der Waals surface area (Å²) < 4.78 is 0. The van der Waals surface area contributed by atoms with E-state index in [1.807, 2.05) is 0 Å². The zero-order valence-corrected chi connectivity index (χ0v) is 13.3. The highest BCUT2D eigenvalue weighted by Crippen LogP contribution is 2.35. The molecule has 1 atom stereocenters. The van der Waals surface area contributed by atoms with Crippen molar-refractivity contribution in [2.24, 2.45) is 5.92 Å². The van der Waals surface area contributed by atoms with Gasteiger partial charge in [0.05, 0.1) is 0 Å². The fourth-order valence-corrected chi connectivity index (χ4v) is 3.70. The second kappa shape index (κ2) is 7.44. The van der Waals surface area contributed by atoms with Gasteiger partial charge in [-0.05, 0) is 75.8 Å². The van der Waals surface area contributed by atoms with Crippen LogP contribution in [0.15, 0.2) is 24.3 Å². The van der Waals surface area contributed by atoms with E-state index in [9.17, 15) is 0 Å². The molecule has 1 heterocycles. The monoisotopic (exact) mass is 294 g/mol. The first-order valence-electron chi connectivity index (χ1n) is 7.83. The molecule has 0 aromatic heterocycles. The maximum Gasteiger partial charge on any atom is 0.0350 e. The molecule has 112 valence electrons. The minimum absolute atomic E-state index is 0. The maximum absolute atomic E-state index is 3.46. The molecule has 0 bridgehead atoms. The van der Waals surface area contributed by atoms with Crippen molar-refractivity contribution in [3.63, 3.8) is 0 Å². The lowest BCUT2D eigenvalue weighted by atomic mass is 9.94. The Kier molecular flexibility index (Phi) is 5.88. The number of nitrogens with one attached hydrogen (secondary N) is 1. The summed E-state index contributed by atoms with van der Waals surface area (Å²) in [5, 5.41) is 3.46. The predicted molar refractivity (Wildman–Crippen MR) is 87.6 cm³/mol. The van der Waals surface area contributed by atoms with Crippen molar-refractivity contribution in [1.29, 1.82) is 0 Å². The van der Waals surface area contributed by atoms with E-state index in [-0.39, 0.29) is 12.4 Å². The summed E-state index contributed by atoms with van der Waals surface area (Å²) in [4.78, 5) is 2.59. The van der Waals surface area contributed by atoms with Crippen LogP contribution in [0.2, 0.25) is 0 Å². The Bertz CT molecular complexity index is 415. The summed E-state index contributed by atoms with van der Waals surface area (Å²) >= 11 is 0. The molecule has 3 rings (SSSR count). The van der Waals surface area contributed by atoms with Crippen molar-refractivity contribution in [3.8, 4) is 0 Å². The molecule has 1 saturated heterocycles. The Morgan fingerprint density at radius 1 is 1.15 bits per heavy atom. The zero-order valence-electron chi connectivity index (χ0n) is 12.5. The molecule has 2 nitrogen and oxygen atoms in total. The van der Waals surface area contributed by atoms with E-state index in [0.717, 1.165) is 5.92 Å². The second-order valence-corrected chi connectivity index (χ2v) is 6.22. The predicted octanol–water partition coefficient (Wildman–Crippen LogP) is 3.42. The number of halogens is 1. The van der Waals surface area contributed by atoms with Crippen LogP contribution in [0.5, 0.6) is 0 Å². The van der Waals surface area contributed by atoms with E-state index in [0.29, 0.717) is 6.04 Å². The molecule has 1 aromatic rings. The van der Waals surface area contributed by atoms with Gasteiger partial charge in [-0.3, -0.25) is 4.90 Å². The van der Waals surface area contributed by atoms with Crippen LogP contribution in [0.1, 0.15) is 42.9 Å². The van der Waals surface area contributed by atoms with E-state index >= 15 is 0 Å². The maximum atomic E-state index is 3.46. The summed E-state index contributed by atoms with van der Waals surface area (Å²) in [7, 11) is 2.31. The Balaban J connectivity index is 0.00000147. The van der Waals surface area contributed by atoms with Crippen LogP contribution < -0.4 is 5.32 Å². The Morgan fingerprint density at radius 3 is 2.70 bits per heavy atom. The molecule has 0 spiro atoms. The molecular weight excluding hydrogens is 268 g/mol. The van der Waals surface area contributed by atoms with Crippen LogP contribution in [0.3, 0.4) is 0 Å². The van der Waals surface area contributed by atoms with Gasteiger partial charge in [0, 0.05) is 6.04 Å². The molecule has 0 amide bonds. The van der Waals surface area contributed by atoms with Crippen molar-refractivity contribution in [2.75, 3.05) is 26.7 Å². The number of fused-ring (bicyclic) bond motifs is 1. The van der Waals surface area contributed by atoms with Gasteiger partial charge >= 0.3 is 0 Å². The molecule has 1 aliphatic carbocycles. The molecule has 20 heavy (non-hydrogen) atoms. The quantitative estimate of drug-likeness (QED) is 0.915. The molecular formula is C17H27ClN2. The molecule has 1 N–H and O–H groups in total. The summed E-state index contributed by atoms with van der Waals surface area (Å²) in [6, 6.07) is 9.66. The van der Waals surface area contributed by atoms with Crippen LogP contribution in [-0.2, 0) is 6.42 Å². The molecule has 1 unspecified atom stereocenters. The average Bonchev–Trinajstić information content (AvgIpc) is 2.90. The number of aryl methyl sites for hydroxylation is 1. The fraction of sp³-hybridized carbons (Fsp3) is 0.647. The lowest BCUT2D eigenvalue weighted by Crippen LogP contribution is -2.31. The van der Waals surface area contributed by atoms with Gasteiger partial charge in [0.25, 0.3) is 0 Å². The molecule has 1 fully saturated rings. The van der Waals surface area contributed by atoms with Gasteiger partial charge in [-0.15, -0.1) is 12.4 Å². The van der Waals surface area contributed by atoms with Gasteiger partial charge in [-0.1, -0.05) is 24.3 Å². The van der Waals surface area contributed by atoms with Crippen LogP contribution in [0.4, 0.5) is 0 Å². The SMILES string of the molecule is CN(CCC1CCNCC1)C1CCc2ccccc21.Cl. The van der Waals surface area contributed by atoms with E-state index in [4.69, 9.17) is 0 Å². The normalized spacial score (nSPS) is 22.6. The van der Waals surface area contributed by atoms with Crippen LogP contribution in [0.25, 0.3) is 0 Å². The first kappa shape index (κ1) is 15.8. The Hall–Kier alpha value is -0.570. The zero-order chi connectivity index (χ0) is 13.1. The third kappa shape index (κ3) is 3.55. The third-order valence-corrected chi connectivity index (χ3v) is 4.98. The molecule has 3 heteroatoms. The first-order valence-corrected chi connectivity index (χ1v) is 7.83. The van der Waals surface area contributed by atoms with Gasteiger partial charge in [-0.25, -0.2) is 0 Å². The van der Waals surface area contributed by atoms with Crippen molar-refractivity contribution >= 4 is 12.4 Å². The largest absolute Gasteiger partial charge is 0.317 e. The number of piperidine rings is 1.